The number of aromatic nitrogens is 6. The topological polar surface area (TPSA) is 92.6 Å². The zero-order valence-corrected chi connectivity index (χ0v) is 22.1. The van der Waals surface area contributed by atoms with Crippen molar-refractivity contribution in [2.24, 2.45) is 0 Å². The Labute approximate surface area is 235 Å². The summed E-state index contributed by atoms with van der Waals surface area (Å²) in [5.74, 6) is 0.282. The highest BCUT2D eigenvalue weighted by Gasteiger charge is 2.37. The number of halogens is 2. The molecule has 1 amide bonds. The largest absolute Gasteiger partial charge is 0.346 e. The first-order valence-electron chi connectivity index (χ1n) is 12.9. The Bertz CT molecular complexity index is 1630. The molecule has 5 aromatic rings. The molecule has 200 valence electrons. The zero-order chi connectivity index (χ0) is 27.5. The number of tetrazole rings is 1. The third kappa shape index (κ3) is 5.28. The van der Waals surface area contributed by atoms with Crippen molar-refractivity contribution >= 4 is 23.6 Å². The van der Waals surface area contributed by atoms with E-state index in [2.05, 4.69) is 32.6 Å². The first-order chi connectivity index (χ1) is 19.6. The van der Waals surface area contributed by atoms with E-state index in [0.717, 1.165) is 24.0 Å². The monoisotopic (exact) mass is 553 g/mol. The van der Waals surface area contributed by atoms with Crippen molar-refractivity contribution in [3.8, 4) is 16.9 Å². The summed E-state index contributed by atoms with van der Waals surface area (Å²) in [7, 11) is 0. The lowest BCUT2D eigenvalue weighted by Gasteiger charge is -2.40. The van der Waals surface area contributed by atoms with E-state index >= 15 is 0 Å². The number of nitrogens with zero attached hydrogens (tertiary/aromatic N) is 6. The molecule has 2 atom stereocenters. The Hall–Kier alpha value is -4.63. The summed E-state index contributed by atoms with van der Waals surface area (Å²) in [6.07, 6.45) is 8.36. The highest BCUT2D eigenvalue weighted by molar-refractivity contribution is 6.30. The van der Waals surface area contributed by atoms with Gasteiger partial charge in [0.1, 0.15) is 18.0 Å². The number of piperidine rings is 1. The number of aromatic amines is 1. The van der Waals surface area contributed by atoms with Crippen LogP contribution < -0.4 is 0 Å². The molecular weight excluding hydrogens is 529 g/mol. The molecule has 8 nitrogen and oxygen atoms in total. The van der Waals surface area contributed by atoms with Gasteiger partial charge in [-0.15, -0.1) is 5.10 Å². The number of amides is 1. The third-order valence-electron chi connectivity index (χ3n) is 7.15. The van der Waals surface area contributed by atoms with E-state index in [1.54, 1.807) is 42.5 Å². The van der Waals surface area contributed by atoms with Crippen molar-refractivity contribution in [1.29, 1.82) is 0 Å². The van der Waals surface area contributed by atoms with E-state index < -0.39 is 0 Å². The van der Waals surface area contributed by atoms with E-state index in [0.29, 0.717) is 34.3 Å². The number of benzene rings is 3. The molecule has 2 aromatic heterocycles. The molecular formula is C30H25ClFN7O. The van der Waals surface area contributed by atoms with Gasteiger partial charge >= 0.3 is 0 Å². The van der Waals surface area contributed by atoms with Crippen LogP contribution in [0.1, 0.15) is 41.8 Å². The first kappa shape index (κ1) is 25.6. The second kappa shape index (κ2) is 11.2. The standard InChI is InChI=1S/C30H25ClFN7O/c31-23-11-14-27(39-19-34-36-37-39)22(17-23)10-15-28(40)38-16-4-7-25(20-5-2-1-3-6-20)29(38)30-33-18-26(35-30)21-8-12-24(32)13-9-21/h1-3,5-6,8-15,17-19,25,29H,4,7,16H2,(H,33,35)/b15-10+. The summed E-state index contributed by atoms with van der Waals surface area (Å²) in [6, 6.07) is 21.4. The molecule has 0 spiro atoms. The second-order valence-electron chi connectivity index (χ2n) is 9.60. The van der Waals surface area contributed by atoms with Crippen molar-refractivity contribution in [3.05, 3.63) is 119 Å². The first-order valence-corrected chi connectivity index (χ1v) is 13.3. The van der Waals surface area contributed by atoms with Gasteiger partial charge in [0, 0.05) is 40.9 Å². The summed E-state index contributed by atoms with van der Waals surface area (Å²) in [6.45, 7) is 0.582. The molecule has 0 bridgehead atoms. The number of H-pyrrole nitrogens is 1. The number of hydrogen-bond donors (Lipinski definition) is 1. The zero-order valence-electron chi connectivity index (χ0n) is 21.4. The minimum atomic E-state index is -0.319. The highest BCUT2D eigenvalue weighted by Crippen LogP contribution is 2.42. The van der Waals surface area contributed by atoms with Crippen LogP contribution in [0.2, 0.25) is 5.02 Å². The number of carbonyl (C=O) groups is 1. The van der Waals surface area contributed by atoms with Gasteiger partial charge in [0.2, 0.25) is 5.91 Å². The van der Waals surface area contributed by atoms with E-state index in [-0.39, 0.29) is 23.7 Å². The summed E-state index contributed by atoms with van der Waals surface area (Å²) in [5.41, 5.74) is 4.04. The van der Waals surface area contributed by atoms with Gasteiger partial charge in [0.05, 0.1) is 17.4 Å². The van der Waals surface area contributed by atoms with Gasteiger partial charge in [-0.05, 0) is 77.4 Å². The molecule has 6 rings (SSSR count). The second-order valence-corrected chi connectivity index (χ2v) is 10.0. The molecule has 10 heteroatoms. The maximum atomic E-state index is 13.8. The molecule has 1 saturated heterocycles. The van der Waals surface area contributed by atoms with Crippen LogP contribution in [0.15, 0.2) is 91.4 Å². The highest BCUT2D eigenvalue weighted by atomic mass is 35.5. The maximum Gasteiger partial charge on any atom is 0.247 e. The van der Waals surface area contributed by atoms with Gasteiger partial charge in [-0.2, -0.15) is 4.68 Å². The summed E-state index contributed by atoms with van der Waals surface area (Å²) in [5, 5.41) is 11.9. The van der Waals surface area contributed by atoms with E-state index in [9.17, 15) is 9.18 Å². The quantitative estimate of drug-likeness (QED) is 0.260. The van der Waals surface area contributed by atoms with Crippen molar-refractivity contribution in [2.75, 3.05) is 6.54 Å². The van der Waals surface area contributed by atoms with Crippen LogP contribution in [0.3, 0.4) is 0 Å². The Morgan fingerprint density at radius 1 is 1.07 bits per heavy atom. The van der Waals surface area contributed by atoms with Crippen LogP contribution in [-0.4, -0.2) is 47.5 Å². The fourth-order valence-electron chi connectivity index (χ4n) is 5.28. The molecule has 0 saturated carbocycles. The van der Waals surface area contributed by atoms with Crippen LogP contribution in [-0.2, 0) is 4.79 Å². The van der Waals surface area contributed by atoms with Crippen LogP contribution in [0.4, 0.5) is 4.39 Å². The number of nitrogens with one attached hydrogen (secondary N) is 1. The Kier molecular flexibility index (Phi) is 7.20. The predicted molar refractivity (Wildman–Crippen MR) is 150 cm³/mol. The van der Waals surface area contributed by atoms with Gasteiger partial charge in [0.25, 0.3) is 0 Å². The number of imidazole rings is 1. The van der Waals surface area contributed by atoms with Gasteiger partial charge in [-0.1, -0.05) is 41.9 Å². The number of rotatable bonds is 6. The average Bonchev–Trinajstić information content (AvgIpc) is 3.70. The fraction of sp³-hybridized carbons (Fsp3) is 0.167. The van der Waals surface area contributed by atoms with Crippen LogP contribution in [0.5, 0.6) is 0 Å². The van der Waals surface area contributed by atoms with E-state index in [4.69, 9.17) is 16.6 Å². The van der Waals surface area contributed by atoms with Crippen LogP contribution in [0.25, 0.3) is 23.0 Å². The summed E-state index contributed by atoms with van der Waals surface area (Å²) < 4.78 is 15.0. The fourth-order valence-corrected chi connectivity index (χ4v) is 5.46. The van der Waals surface area contributed by atoms with E-state index in [1.165, 1.54) is 23.1 Å². The van der Waals surface area contributed by atoms with Gasteiger partial charge in [-0.3, -0.25) is 4.79 Å². The van der Waals surface area contributed by atoms with Crippen molar-refractivity contribution in [3.63, 3.8) is 0 Å². The molecule has 1 aliphatic rings. The van der Waals surface area contributed by atoms with E-state index in [1.807, 2.05) is 29.3 Å². The average molecular weight is 554 g/mol. The Balaban J connectivity index is 1.35. The predicted octanol–water partition coefficient (Wildman–Crippen LogP) is 6.01. The molecule has 40 heavy (non-hydrogen) atoms. The molecule has 2 unspecified atom stereocenters. The van der Waals surface area contributed by atoms with Gasteiger partial charge in [0.15, 0.2) is 0 Å². The Morgan fingerprint density at radius 2 is 1.90 bits per heavy atom. The van der Waals surface area contributed by atoms with Gasteiger partial charge in [-0.25, -0.2) is 9.37 Å². The van der Waals surface area contributed by atoms with Gasteiger partial charge < -0.3 is 9.88 Å². The Morgan fingerprint density at radius 3 is 2.67 bits per heavy atom. The normalized spacial score (nSPS) is 17.4. The van der Waals surface area contributed by atoms with Crippen molar-refractivity contribution in [1.82, 2.24) is 35.1 Å². The maximum absolute atomic E-state index is 13.8. The molecule has 3 aromatic carbocycles. The SMILES string of the molecule is O=C(/C=C/c1cc(Cl)ccc1-n1cnnn1)N1CCCC(c2ccccc2)C1c1nc(-c2ccc(F)cc2)c[nH]1. The van der Waals surface area contributed by atoms with Crippen molar-refractivity contribution in [2.45, 2.75) is 24.8 Å². The molecule has 3 heterocycles. The van der Waals surface area contributed by atoms with Crippen LogP contribution >= 0.6 is 11.6 Å². The molecule has 1 N–H and O–H groups in total. The molecule has 1 aliphatic heterocycles. The lowest BCUT2D eigenvalue weighted by Crippen LogP contribution is -2.41. The lowest BCUT2D eigenvalue weighted by molar-refractivity contribution is -0.130. The minimum Gasteiger partial charge on any atom is -0.346 e. The number of hydrogen-bond acceptors (Lipinski definition) is 5. The number of carbonyl (C=O) groups excluding carboxylic acids is 1. The third-order valence-corrected chi connectivity index (χ3v) is 7.39. The van der Waals surface area contributed by atoms with Crippen molar-refractivity contribution < 1.29 is 9.18 Å². The van der Waals surface area contributed by atoms with Crippen LogP contribution in [0, 0.1) is 5.82 Å². The molecule has 1 fully saturated rings. The molecule has 0 aliphatic carbocycles. The lowest BCUT2D eigenvalue weighted by atomic mass is 9.83. The summed E-state index contributed by atoms with van der Waals surface area (Å²) >= 11 is 6.27. The smallest absolute Gasteiger partial charge is 0.247 e. The summed E-state index contributed by atoms with van der Waals surface area (Å²) in [4.78, 5) is 23.9. The number of likely N-dealkylation sites (tertiary alicyclic amines) is 1. The minimum absolute atomic E-state index is 0.0440. The molecule has 0 radical (unpaired) electrons.